The molecule has 0 bridgehead atoms. The number of rotatable bonds is 5. The standard InChI is InChI=1S/C25H25F2N7O2/c1-14-18(26)9-15(23-30-25(36-31-23)17-11-19(17)27)10-20(14)29-24(35)21-12-28-22-4-3-16(13-34(21)22)33-7-5-32(2)6-8-33/h3-4,9-10,12-13,17,19H,5-8,11H2,1-2H3,(H,29,35)/t17-,19-/m1/s1. The van der Waals surface area contributed by atoms with Crippen LogP contribution >= 0.6 is 0 Å². The number of anilines is 2. The van der Waals surface area contributed by atoms with Crippen LogP contribution in [0, 0.1) is 12.7 Å². The average molecular weight is 494 g/mol. The normalized spacial score (nSPS) is 20.2. The van der Waals surface area contributed by atoms with E-state index in [4.69, 9.17) is 4.52 Å². The summed E-state index contributed by atoms with van der Waals surface area (Å²) in [6.45, 7) is 5.30. The molecular formula is C25H25F2N7O2. The van der Waals surface area contributed by atoms with Crippen molar-refractivity contribution in [2.45, 2.75) is 25.4 Å². The molecule has 0 unspecified atom stereocenters. The summed E-state index contributed by atoms with van der Waals surface area (Å²) < 4.78 is 35.0. The van der Waals surface area contributed by atoms with Crippen molar-refractivity contribution in [3.63, 3.8) is 0 Å². The van der Waals surface area contributed by atoms with E-state index in [1.165, 1.54) is 12.3 Å². The van der Waals surface area contributed by atoms with Gasteiger partial charge in [0, 0.05) is 49.2 Å². The van der Waals surface area contributed by atoms with Gasteiger partial charge in [-0.05, 0) is 44.7 Å². The highest BCUT2D eigenvalue weighted by molar-refractivity contribution is 6.04. The lowest BCUT2D eigenvalue weighted by atomic mass is 10.1. The van der Waals surface area contributed by atoms with Gasteiger partial charge in [-0.1, -0.05) is 5.16 Å². The first-order valence-corrected chi connectivity index (χ1v) is 11.9. The molecule has 1 saturated carbocycles. The monoisotopic (exact) mass is 493 g/mol. The molecule has 1 aliphatic carbocycles. The SMILES string of the molecule is Cc1c(F)cc(-c2noc([C@@H]3C[C@H]3F)n2)cc1NC(=O)c1cnc2ccc(N3CCN(C)CC3)cn12. The quantitative estimate of drug-likeness (QED) is 0.454. The summed E-state index contributed by atoms with van der Waals surface area (Å²) in [6, 6.07) is 6.75. The third-order valence-corrected chi connectivity index (χ3v) is 6.91. The Morgan fingerprint density at radius 3 is 2.72 bits per heavy atom. The minimum absolute atomic E-state index is 0.144. The predicted molar refractivity (Wildman–Crippen MR) is 130 cm³/mol. The van der Waals surface area contributed by atoms with E-state index in [0.29, 0.717) is 23.3 Å². The van der Waals surface area contributed by atoms with E-state index in [1.807, 2.05) is 18.3 Å². The Kier molecular flexibility index (Phi) is 5.44. The van der Waals surface area contributed by atoms with Crippen LogP contribution in [-0.2, 0) is 0 Å². The average Bonchev–Trinajstić information content (AvgIpc) is 3.24. The number of imidazole rings is 1. The van der Waals surface area contributed by atoms with Crippen LogP contribution in [0.4, 0.5) is 20.2 Å². The minimum Gasteiger partial charge on any atom is -0.368 e. The van der Waals surface area contributed by atoms with Crippen molar-refractivity contribution in [3.05, 3.63) is 59.6 Å². The van der Waals surface area contributed by atoms with Gasteiger partial charge in [0.1, 0.15) is 23.3 Å². The molecule has 2 fully saturated rings. The van der Waals surface area contributed by atoms with Crippen LogP contribution in [0.5, 0.6) is 0 Å². The fourth-order valence-corrected chi connectivity index (χ4v) is 4.44. The lowest BCUT2D eigenvalue weighted by Crippen LogP contribution is -2.44. The molecule has 0 spiro atoms. The maximum absolute atomic E-state index is 14.8. The largest absolute Gasteiger partial charge is 0.368 e. The van der Waals surface area contributed by atoms with Crippen LogP contribution in [0.2, 0.25) is 0 Å². The molecular weight excluding hydrogens is 468 g/mol. The van der Waals surface area contributed by atoms with Gasteiger partial charge in [0.15, 0.2) is 0 Å². The number of benzene rings is 1. The van der Waals surface area contributed by atoms with E-state index >= 15 is 0 Å². The smallest absolute Gasteiger partial charge is 0.274 e. The van der Waals surface area contributed by atoms with Crippen molar-refractivity contribution >= 4 is 22.9 Å². The van der Waals surface area contributed by atoms with Crippen LogP contribution in [0.15, 0.2) is 41.2 Å². The van der Waals surface area contributed by atoms with Crippen LogP contribution in [-0.4, -0.2) is 69.7 Å². The Morgan fingerprint density at radius 1 is 1.19 bits per heavy atom. The van der Waals surface area contributed by atoms with E-state index in [1.54, 1.807) is 17.4 Å². The zero-order valence-corrected chi connectivity index (χ0v) is 19.9. The number of fused-ring (bicyclic) bond motifs is 1. The zero-order valence-electron chi connectivity index (χ0n) is 19.9. The lowest BCUT2D eigenvalue weighted by Gasteiger charge is -2.34. The molecule has 36 heavy (non-hydrogen) atoms. The number of alkyl halides is 1. The number of nitrogens with zero attached hydrogens (tertiary/aromatic N) is 6. The number of nitrogens with one attached hydrogen (secondary N) is 1. The highest BCUT2D eigenvalue weighted by Gasteiger charge is 2.43. The summed E-state index contributed by atoms with van der Waals surface area (Å²) in [6.07, 6.45) is 2.78. The summed E-state index contributed by atoms with van der Waals surface area (Å²) in [5.74, 6) is -1.01. The van der Waals surface area contributed by atoms with E-state index in [2.05, 4.69) is 37.3 Å². The molecule has 4 heterocycles. The van der Waals surface area contributed by atoms with Crippen LogP contribution in [0.1, 0.15) is 34.3 Å². The number of aromatic nitrogens is 4. The van der Waals surface area contributed by atoms with Gasteiger partial charge in [-0.3, -0.25) is 9.20 Å². The molecule has 2 atom stereocenters. The third-order valence-electron chi connectivity index (χ3n) is 6.91. The highest BCUT2D eigenvalue weighted by atomic mass is 19.1. The first-order valence-electron chi connectivity index (χ1n) is 11.9. The first-order chi connectivity index (χ1) is 17.4. The molecule has 2 aliphatic rings. The summed E-state index contributed by atoms with van der Waals surface area (Å²) in [7, 11) is 2.10. The Balaban J connectivity index is 1.27. The number of likely N-dealkylation sites (N-methyl/N-ethyl adjacent to an activating group) is 1. The molecule has 9 nitrogen and oxygen atoms in total. The highest BCUT2D eigenvalue weighted by Crippen LogP contribution is 2.43. The van der Waals surface area contributed by atoms with Crippen molar-refractivity contribution in [2.24, 2.45) is 0 Å². The molecule has 1 amide bonds. The van der Waals surface area contributed by atoms with Gasteiger partial charge in [0.05, 0.1) is 17.8 Å². The molecule has 1 saturated heterocycles. The second-order valence-electron chi connectivity index (χ2n) is 9.45. The number of hydrogen-bond acceptors (Lipinski definition) is 7. The second-order valence-corrected chi connectivity index (χ2v) is 9.45. The second kappa shape index (κ2) is 8.66. The van der Waals surface area contributed by atoms with Crippen LogP contribution in [0.3, 0.4) is 0 Å². The van der Waals surface area contributed by atoms with Gasteiger partial charge in [-0.15, -0.1) is 0 Å². The maximum Gasteiger partial charge on any atom is 0.274 e. The number of carbonyl (C=O) groups is 1. The molecule has 11 heteroatoms. The van der Waals surface area contributed by atoms with Crippen molar-refractivity contribution < 1.29 is 18.1 Å². The van der Waals surface area contributed by atoms with Crippen LogP contribution < -0.4 is 10.2 Å². The minimum atomic E-state index is -0.981. The fraction of sp³-hybridized carbons (Fsp3) is 0.360. The summed E-state index contributed by atoms with van der Waals surface area (Å²) >= 11 is 0. The Hall–Kier alpha value is -3.86. The molecule has 1 aliphatic heterocycles. The Morgan fingerprint density at radius 2 is 1.97 bits per heavy atom. The molecule has 186 valence electrons. The maximum atomic E-state index is 14.8. The van der Waals surface area contributed by atoms with E-state index < -0.39 is 23.8 Å². The molecule has 1 N–H and O–H groups in total. The number of halogens is 2. The van der Waals surface area contributed by atoms with Gasteiger partial charge >= 0.3 is 0 Å². The number of amides is 1. The summed E-state index contributed by atoms with van der Waals surface area (Å²) in [4.78, 5) is 26.4. The van der Waals surface area contributed by atoms with E-state index in [0.717, 1.165) is 31.9 Å². The molecule has 6 rings (SSSR count). The van der Waals surface area contributed by atoms with E-state index in [9.17, 15) is 13.6 Å². The number of hydrogen-bond donors (Lipinski definition) is 1. The van der Waals surface area contributed by atoms with Gasteiger partial charge in [-0.2, -0.15) is 4.98 Å². The Bertz CT molecular complexity index is 1460. The molecule has 1 aromatic carbocycles. The van der Waals surface area contributed by atoms with Crippen LogP contribution in [0.25, 0.3) is 17.0 Å². The molecule has 4 aromatic rings. The number of pyridine rings is 1. The van der Waals surface area contributed by atoms with Crippen molar-refractivity contribution in [3.8, 4) is 11.4 Å². The van der Waals surface area contributed by atoms with E-state index in [-0.39, 0.29) is 23.0 Å². The van der Waals surface area contributed by atoms with Gasteiger partial charge < -0.3 is 19.6 Å². The fourth-order valence-electron chi connectivity index (χ4n) is 4.44. The molecule has 3 aromatic heterocycles. The van der Waals surface area contributed by atoms with Crippen molar-refractivity contribution in [2.75, 3.05) is 43.4 Å². The predicted octanol–water partition coefficient (Wildman–Crippen LogP) is 3.66. The topological polar surface area (TPSA) is 91.8 Å². The number of carbonyl (C=O) groups excluding carboxylic acids is 1. The zero-order chi connectivity index (χ0) is 25.0. The van der Waals surface area contributed by atoms with Crippen molar-refractivity contribution in [1.82, 2.24) is 24.4 Å². The number of piperazine rings is 1. The third kappa shape index (κ3) is 4.09. The molecule has 0 radical (unpaired) electrons. The first kappa shape index (κ1) is 22.6. The Labute approximate surface area is 205 Å². The summed E-state index contributed by atoms with van der Waals surface area (Å²) in [5.41, 5.74) is 2.85. The lowest BCUT2D eigenvalue weighted by molar-refractivity contribution is 0.102. The summed E-state index contributed by atoms with van der Waals surface area (Å²) in [5, 5.41) is 6.67. The van der Waals surface area contributed by atoms with Gasteiger partial charge in [-0.25, -0.2) is 13.8 Å². The van der Waals surface area contributed by atoms with Crippen molar-refractivity contribution in [1.29, 1.82) is 0 Å². The van der Waals surface area contributed by atoms with Gasteiger partial charge in [0.25, 0.3) is 5.91 Å². The van der Waals surface area contributed by atoms with Gasteiger partial charge in [0.2, 0.25) is 11.7 Å².